The Bertz CT molecular complexity index is 853. The number of fused-ring (bicyclic) bond motifs is 1. The highest BCUT2D eigenvalue weighted by Crippen LogP contribution is 2.60. The zero-order valence-corrected chi connectivity index (χ0v) is 18.3. The molecule has 0 aliphatic heterocycles. The Hall–Kier alpha value is -1.89. The van der Waals surface area contributed by atoms with Crippen LogP contribution in [0, 0.1) is 23.2 Å². The van der Waals surface area contributed by atoms with E-state index in [1.54, 1.807) is 6.92 Å². The molecule has 30 heavy (non-hydrogen) atoms. The summed E-state index contributed by atoms with van der Waals surface area (Å²) in [5, 5.41) is 3.33. The molecule has 5 aliphatic rings. The van der Waals surface area contributed by atoms with Crippen LogP contribution in [-0.2, 0) is 31.9 Å². The monoisotopic (exact) mass is 431 g/mol. The van der Waals surface area contributed by atoms with E-state index in [0.717, 1.165) is 49.0 Å². The number of nitrogens with one attached hydrogen (secondary N) is 1. The van der Waals surface area contributed by atoms with Gasteiger partial charge in [-0.15, -0.1) is 11.3 Å². The molecule has 1 heterocycles. The molecular formula is C23H29NO5S. The maximum Gasteiger partial charge on any atom is 0.341 e. The molecule has 1 N–H and O–H groups in total. The van der Waals surface area contributed by atoms with Gasteiger partial charge in [-0.05, 0) is 88.0 Å². The molecule has 4 saturated carbocycles. The number of rotatable bonds is 6. The van der Waals surface area contributed by atoms with Crippen molar-refractivity contribution in [1.29, 1.82) is 0 Å². The molecule has 0 aromatic carbocycles. The van der Waals surface area contributed by atoms with E-state index in [1.165, 1.54) is 30.6 Å². The van der Waals surface area contributed by atoms with Crippen molar-refractivity contribution in [2.45, 2.75) is 64.7 Å². The van der Waals surface area contributed by atoms with Gasteiger partial charge in [0.15, 0.2) is 6.61 Å². The Morgan fingerprint density at radius 1 is 1.03 bits per heavy atom. The third-order valence-electron chi connectivity index (χ3n) is 7.46. The molecule has 1 amide bonds. The standard InChI is InChI=1S/C23H29NO5S/c1-2-28-21(26)19-16-4-3-5-17(16)30-20(19)24-18(25)12-29-22(27)23-9-13-6-14(10-23)8-15(7-13)11-23/h13-15H,2-12H2,1H3,(H,24,25). The van der Waals surface area contributed by atoms with Crippen LogP contribution in [0.2, 0.25) is 0 Å². The van der Waals surface area contributed by atoms with Gasteiger partial charge < -0.3 is 14.8 Å². The minimum atomic E-state index is -0.391. The van der Waals surface area contributed by atoms with E-state index in [1.807, 2.05) is 0 Å². The Balaban J connectivity index is 1.23. The van der Waals surface area contributed by atoms with Crippen LogP contribution in [0.1, 0.15) is 72.7 Å². The Labute approximate surface area is 180 Å². The highest BCUT2D eigenvalue weighted by Gasteiger charge is 2.55. The molecule has 1 aromatic rings. The van der Waals surface area contributed by atoms with Crippen molar-refractivity contribution in [3.05, 3.63) is 16.0 Å². The molecule has 0 saturated heterocycles. The van der Waals surface area contributed by atoms with E-state index in [-0.39, 0.29) is 18.0 Å². The maximum absolute atomic E-state index is 13.0. The summed E-state index contributed by atoms with van der Waals surface area (Å²) in [6.07, 6.45) is 9.30. The summed E-state index contributed by atoms with van der Waals surface area (Å²) in [5.74, 6) is 0.974. The van der Waals surface area contributed by atoms with Gasteiger partial charge in [0.05, 0.1) is 17.6 Å². The topological polar surface area (TPSA) is 81.7 Å². The average Bonchev–Trinajstić information content (AvgIpc) is 3.25. The number of ether oxygens (including phenoxy) is 2. The van der Waals surface area contributed by atoms with Gasteiger partial charge in [0.2, 0.25) is 0 Å². The van der Waals surface area contributed by atoms with Crippen molar-refractivity contribution in [3.63, 3.8) is 0 Å². The highest BCUT2D eigenvalue weighted by molar-refractivity contribution is 7.17. The summed E-state index contributed by atoms with van der Waals surface area (Å²) >= 11 is 1.44. The van der Waals surface area contributed by atoms with Crippen LogP contribution in [0.5, 0.6) is 0 Å². The van der Waals surface area contributed by atoms with E-state index in [9.17, 15) is 14.4 Å². The van der Waals surface area contributed by atoms with Crippen molar-refractivity contribution in [1.82, 2.24) is 0 Å². The second-order valence-corrected chi connectivity index (χ2v) is 10.7. The number of anilines is 1. The Morgan fingerprint density at radius 3 is 2.33 bits per heavy atom. The fraction of sp³-hybridized carbons (Fsp3) is 0.696. The third-order valence-corrected chi connectivity index (χ3v) is 8.67. The molecule has 4 fully saturated rings. The first kappa shape index (κ1) is 20.0. The van der Waals surface area contributed by atoms with Gasteiger partial charge in [-0.1, -0.05) is 0 Å². The number of thiophene rings is 1. The van der Waals surface area contributed by atoms with E-state index in [4.69, 9.17) is 9.47 Å². The molecule has 7 heteroatoms. The van der Waals surface area contributed by atoms with E-state index < -0.39 is 11.9 Å². The largest absolute Gasteiger partial charge is 0.462 e. The van der Waals surface area contributed by atoms with Crippen molar-refractivity contribution < 1.29 is 23.9 Å². The van der Waals surface area contributed by atoms with Gasteiger partial charge in [0.25, 0.3) is 5.91 Å². The van der Waals surface area contributed by atoms with Gasteiger partial charge in [-0.2, -0.15) is 0 Å². The summed E-state index contributed by atoms with van der Waals surface area (Å²) in [7, 11) is 0. The Kier molecular flexibility index (Phi) is 5.12. The second kappa shape index (κ2) is 7.66. The lowest BCUT2D eigenvalue weighted by atomic mass is 9.49. The molecule has 0 spiro atoms. The number of esters is 2. The lowest BCUT2D eigenvalue weighted by molar-refractivity contribution is -0.172. The van der Waals surface area contributed by atoms with Crippen molar-refractivity contribution in [2.75, 3.05) is 18.5 Å². The maximum atomic E-state index is 13.0. The first-order chi connectivity index (χ1) is 14.5. The van der Waals surface area contributed by atoms with Crippen LogP contribution in [0.3, 0.4) is 0 Å². The van der Waals surface area contributed by atoms with Crippen LogP contribution in [0.4, 0.5) is 5.00 Å². The first-order valence-corrected chi connectivity index (χ1v) is 12.1. The predicted molar refractivity (Wildman–Crippen MR) is 112 cm³/mol. The number of hydrogen-bond acceptors (Lipinski definition) is 6. The molecule has 0 radical (unpaired) electrons. The van der Waals surface area contributed by atoms with Gasteiger partial charge in [-0.25, -0.2) is 4.79 Å². The predicted octanol–water partition coefficient (Wildman–Crippen LogP) is 4.11. The summed E-state index contributed by atoms with van der Waals surface area (Å²) < 4.78 is 10.7. The number of carbonyl (C=O) groups excluding carboxylic acids is 3. The molecule has 5 aliphatic carbocycles. The molecule has 162 valence electrons. The van der Waals surface area contributed by atoms with Crippen LogP contribution >= 0.6 is 11.3 Å². The quantitative estimate of drug-likeness (QED) is 0.686. The van der Waals surface area contributed by atoms with Crippen molar-refractivity contribution in [2.24, 2.45) is 23.2 Å². The molecule has 6 rings (SSSR count). The lowest BCUT2D eigenvalue weighted by Crippen LogP contribution is -2.50. The zero-order chi connectivity index (χ0) is 20.9. The fourth-order valence-electron chi connectivity index (χ4n) is 6.72. The summed E-state index contributed by atoms with van der Waals surface area (Å²) in [5.41, 5.74) is 1.12. The highest BCUT2D eigenvalue weighted by atomic mass is 32.1. The van der Waals surface area contributed by atoms with Crippen LogP contribution < -0.4 is 5.32 Å². The van der Waals surface area contributed by atoms with E-state index in [0.29, 0.717) is 34.9 Å². The summed E-state index contributed by atoms with van der Waals surface area (Å²) in [6, 6.07) is 0. The van der Waals surface area contributed by atoms with Gasteiger partial charge >= 0.3 is 11.9 Å². The molecular weight excluding hydrogens is 402 g/mol. The number of hydrogen-bond donors (Lipinski definition) is 1. The zero-order valence-electron chi connectivity index (χ0n) is 17.5. The third kappa shape index (κ3) is 3.45. The van der Waals surface area contributed by atoms with Crippen molar-refractivity contribution >= 4 is 34.2 Å². The summed E-state index contributed by atoms with van der Waals surface area (Å²) in [6.45, 7) is 1.76. The minimum Gasteiger partial charge on any atom is -0.462 e. The van der Waals surface area contributed by atoms with Gasteiger partial charge in [-0.3, -0.25) is 9.59 Å². The SMILES string of the molecule is CCOC(=O)c1c(NC(=O)COC(=O)C23CC4CC(CC(C4)C2)C3)sc2c1CCC2. The second-order valence-electron chi connectivity index (χ2n) is 9.60. The lowest BCUT2D eigenvalue weighted by Gasteiger charge is -2.55. The molecule has 0 atom stereocenters. The van der Waals surface area contributed by atoms with Crippen molar-refractivity contribution in [3.8, 4) is 0 Å². The molecule has 0 unspecified atom stereocenters. The van der Waals surface area contributed by atoms with Gasteiger partial charge in [0.1, 0.15) is 5.00 Å². The number of aryl methyl sites for hydroxylation is 1. The van der Waals surface area contributed by atoms with Crippen LogP contribution in [-0.4, -0.2) is 31.1 Å². The Morgan fingerprint density at radius 2 is 1.70 bits per heavy atom. The number of carbonyl (C=O) groups is 3. The van der Waals surface area contributed by atoms with E-state index >= 15 is 0 Å². The molecule has 6 nitrogen and oxygen atoms in total. The van der Waals surface area contributed by atoms with E-state index in [2.05, 4.69) is 5.32 Å². The minimum absolute atomic E-state index is 0.198. The normalized spacial score (nSPS) is 30.8. The fourth-order valence-corrected chi connectivity index (χ4v) is 8.01. The first-order valence-electron chi connectivity index (χ1n) is 11.3. The van der Waals surface area contributed by atoms with Gasteiger partial charge in [0, 0.05) is 4.88 Å². The number of amides is 1. The molecule has 1 aromatic heterocycles. The van der Waals surface area contributed by atoms with Crippen LogP contribution in [0.25, 0.3) is 0 Å². The van der Waals surface area contributed by atoms with Crippen LogP contribution in [0.15, 0.2) is 0 Å². The smallest absolute Gasteiger partial charge is 0.341 e. The molecule has 4 bridgehead atoms. The summed E-state index contributed by atoms with van der Waals surface area (Å²) in [4.78, 5) is 39.1. The average molecular weight is 432 g/mol.